The van der Waals surface area contributed by atoms with Gasteiger partial charge in [-0.15, -0.1) is 0 Å². The van der Waals surface area contributed by atoms with E-state index in [1.165, 1.54) is 7.11 Å². The van der Waals surface area contributed by atoms with Crippen LogP contribution in [0.2, 0.25) is 0 Å². The summed E-state index contributed by atoms with van der Waals surface area (Å²) in [6, 6.07) is 11.9. The predicted octanol–water partition coefficient (Wildman–Crippen LogP) is 3.63. The van der Waals surface area contributed by atoms with Crippen LogP contribution in [0, 0.1) is 6.92 Å². The molecule has 3 rings (SSSR count). The number of methoxy groups -OCH3 is 1. The monoisotopic (exact) mass is 482 g/mol. The fourth-order valence-electron chi connectivity index (χ4n) is 4.35. The number of anilines is 2. The molecule has 0 saturated carbocycles. The zero-order valence-corrected chi connectivity index (χ0v) is 20.5. The molecule has 3 amide bonds. The third kappa shape index (κ3) is 7.19. The van der Waals surface area contributed by atoms with Crippen molar-refractivity contribution in [2.24, 2.45) is 0 Å². The molecule has 0 aromatic heterocycles. The molecule has 0 radical (unpaired) electrons. The van der Waals surface area contributed by atoms with Crippen LogP contribution in [-0.4, -0.2) is 60.2 Å². The summed E-state index contributed by atoms with van der Waals surface area (Å²) in [5, 5.41) is 18.0. The van der Waals surface area contributed by atoms with E-state index in [1.54, 1.807) is 18.2 Å². The minimum atomic E-state index is -0.797. The average molecular weight is 483 g/mol. The Kier molecular flexibility index (Phi) is 9.08. The van der Waals surface area contributed by atoms with Gasteiger partial charge in [-0.05, 0) is 55.5 Å². The number of likely N-dealkylation sites (tertiary alicyclic amines) is 1. The number of nitrogens with zero attached hydrogens (tertiary/aromatic N) is 1. The molecule has 0 spiro atoms. The summed E-state index contributed by atoms with van der Waals surface area (Å²) in [4.78, 5) is 38.4. The van der Waals surface area contributed by atoms with Crippen LogP contribution in [0.5, 0.6) is 5.75 Å². The summed E-state index contributed by atoms with van der Waals surface area (Å²) in [5.74, 6) is -0.439. The van der Waals surface area contributed by atoms with Crippen LogP contribution >= 0.6 is 0 Å². The number of carbonyl (C=O) groups is 3. The summed E-state index contributed by atoms with van der Waals surface area (Å²) < 4.78 is 5.43. The fraction of sp³-hybridized carbons (Fsp3) is 0.423. The number of urea groups is 1. The van der Waals surface area contributed by atoms with Crippen LogP contribution in [0.15, 0.2) is 42.5 Å². The SMILES string of the molecule is CCC(C(=O)O)N1CCC(NC(=O)Cc2ccc(NC(=O)Nc3ccccc3C)c(OC)c2)CC1. The van der Waals surface area contributed by atoms with Gasteiger partial charge in [0, 0.05) is 24.8 Å². The highest BCUT2D eigenvalue weighted by Crippen LogP contribution is 2.26. The van der Waals surface area contributed by atoms with Gasteiger partial charge in [0.05, 0.1) is 19.2 Å². The third-order valence-electron chi connectivity index (χ3n) is 6.28. The van der Waals surface area contributed by atoms with Crippen molar-refractivity contribution in [3.8, 4) is 5.75 Å². The number of carbonyl (C=O) groups excluding carboxylic acids is 2. The van der Waals surface area contributed by atoms with Gasteiger partial charge in [0.2, 0.25) is 5.91 Å². The van der Waals surface area contributed by atoms with Gasteiger partial charge in [-0.25, -0.2) is 4.79 Å². The number of hydrogen-bond donors (Lipinski definition) is 4. The van der Waals surface area contributed by atoms with E-state index in [1.807, 2.05) is 43.0 Å². The Bertz CT molecular complexity index is 1050. The molecule has 9 nitrogen and oxygen atoms in total. The lowest BCUT2D eigenvalue weighted by atomic mass is 10.0. The zero-order chi connectivity index (χ0) is 25.4. The quantitative estimate of drug-likeness (QED) is 0.433. The first-order valence-electron chi connectivity index (χ1n) is 11.9. The number of rotatable bonds is 9. The summed E-state index contributed by atoms with van der Waals surface area (Å²) in [7, 11) is 1.51. The topological polar surface area (TPSA) is 120 Å². The van der Waals surface area contributed by atoms with E-state index in [-0.39, 0.29) is 24.4 Å². The van der Waals surface area contributed by atoms with Gasteiger partial charge < -0.3 is 25.8 Å². The summed E-state index contributed by atoms with van der Waals surface area (Å²) in [6.07, 6.45) is 2.18. The van der Waals surface area contributed by atoms with E-state index in [4.69, 9.17) is 4.74 Å². The van der Waals surface area contributed by atoms with E-state index < -0.39 is 12.0 Å². The summed E-state index contributed by atoms with van der Waals surface area (Å²) >= 11 is 0. The highest BCUT2D eigenvalue weighted by atomic mass is 16.5. The van der Waals surface area contributed by atoms with Crippen molar-refractivity contribution in [3.05, 3.63) is 53.6 Å². The van der Waals surface area contributed by atoms with Gasteiger partial charge in [-0.3, -0.25) is 14.5 Å². The molecule has 1 aliphatic heterocycles. The lowest BCUT2D eigenvalue weighted by Gasteiger charge is -2.35. The Hall–Kier alpha value is -3.59. The number of benzene rings is 2. The highest BCUT2D eigenvalue weighted by Gasteiger charge is 2.28. The number of nitrogens with one attached hydrogen (secondary N) is 3. The van der Waals surface area contributed by atoms with Gasteiger partial charge in [0.15, 0.2) is 0 Å². The zero-order valence-electron chi connectivity index (χ0n) is 20.5. The van der Waals surface area contributed by atoms with Crippen LogP contribution in [0.25, 0.3) is 0 Å². The average Bonchev–Trinajstić information content (AvgIpc) is 2.82. The van der Waals surface area contributed by atoms with Crippen molar-refractivity contribution in [2.75, 3.05) is 30.8 Å². The van der Waals surface area contributed by atoms with Crippen molar-refractivity contribution >= 4 is 29.3 Å². The number of piperidine rings is 1. The lowest BCUT2D eigenvalue weighted by Crippen LogP contribution is -2.50. The minimum Gasteiger partial charge on any atom is -0.495 e. The maximum absolute atomic E-state index is 12.6. The van der Waals surface area contributed by atoms with Crippen molar-refractivity contribution in [1.82, 2.24) is 10.2 Å². The van der Waals surface area contributed by atoms with Crippen LogP contribution in [0.4, 0.5) is 16.2 Å². The Balaban J connectivity index is 1.52. The van der Waals surface area contributed by atoms with Crippen LogP contribution in [0.3, 0.4) is 0 Å². The first-order chi connectivity index (χ1) is 16.8. The molecule has 188 valence electrons. The van der Waals surface area contributed by atoms with Gasteiger partial charge in [0.1, 0.15) is 11.8 Å². The maximum Gasteiger partial charge on any atom is 0.323 e. The molecule has 0 bridgehead atoms. The molecule has 1 fully saturated rings. The molecule has 1 atom stereocenters. The molecular weight excluding hydrogens is 448 g/mol. The number of carboxylic acid groups (broad SMARTS) is 1. The molecule has 4 N–H and O–H groups in total. The molecule has 9 heteroatoms. The molecule has 2 aromatic rings. The standard InChI is InChI=1S/C26H34N4O5/c1-4-22(25(32)33)30-13-11-19(12-14-30)27-24(31)16-18-9-10-21(23(15-18)35-3)29-26(34)28-20-8-6-5-7-17(20)2/h5-10,15,19,22H,4,11-14,16H2,1-3H3,(H,27,31)(H,32,33)(H2,28,29,34). The van der Waals surface area contributed by atoms with E-state index >= 15 is 0 Å². The molecular formula is C26H34N4O5. The van der Waals surface area contributed by atoms with Crippen molar-refractivity contribution < 1.29 is 24.2 Å². The van der Waals surface area contributed by atoms with E-state index in [9.17, 15) is 19.5 Å². The smallest absolute Gasteiger partial charge is 0.323 e. The molecule has 2 aromatic carbocycles. The van der Waals surface area contributed by atoms with Crippen LogP contribution in [-0.2, 0) is 16.0 Å². The van der Waals surface area contributed by atoms with Crippen LogP contribution < -0.4 is 20.7 Å². The van der Waals surface area contributed by atoms with E-state index in [0.29, 0.717) is 30.9 Å². The van der Waals surface area contributed by atoms with Gasteiger partial charge in [0.25, 0.3) is 0 Å². The predicted molar refractivity (Wildman–Crippen MR) is 135 cm³/mol. The number of para-hydroxylation sites is 1. The molecule has 1 heterocycles. The molecule has 1 unspecified atom stereocenters. The number of hydrogen-bond acceptors (Lipinski definition) is 5. The summed E-state index contributed by atoms with van der Waals surface area (Å²) in [5.41, 5.74) is 2.93. The number of carboxylic acids is 1. The second kappa shape index (κ2) is 12.2. The Labute approximate surface area is 205 Å². The van der Waals surface area contributed by atoms with E-state index in [2.05, 4.69) is 16.0 Å². The lowest BCUT2D eigenvalue weighted by molar-refractivity contribution is -0.144. The third-order valence-corrected chi connectivity index (χ3v) is 6.28. The Morgan fingerprint density at radius 1 is 1.09 bits per heavy atom. The van der Waals surface area contributed by atoms with Crippen LogP contribution in [0.1, 0.15) is 37.3 Å². The number of ether oxygens (including phenoxy) is 1. The second-order valence-corrected chi connectivity index (χ2v) is 8.75. The fourth-order valence-corrected chi connectivity index (χ4v) is 4.35. The second-order valence-electron chi connectivity index (χ2n) is 8.75. The normalized spacial score (nSPS) is 15.2. The van der Waals surface area contributed by atoms with Gasteiger partial charge >= 0.3 is 12.0 Å². The first-order valence-corrected chi connectivity index (χ1v) is 11.9. The maximum atomic E-state index is 12.6. The summed E-state index contributed by atoms with van der Waals surface area (Å²) in [6.45, 7) is 5.08. The van der Waals surface area contributed by atoms with E-state index in [0.717, 1.165) is 29.7 Å². The minimum absolute atomic E-state index is 0.0259. The van der Waals surface area contributed by atoms with Crippen molar-refractivity contribution in [2.45, 2.75) is 51.6 Å². The van der Waals surface area contributed by atoms with Gasteiger partial charge in [-0.2, -0.15) is 0 Å². The Morgan fingerprint density at radius 3 is 2.40 bits per heavy atom. The number of aliphatic carboxylic acids is 1. The van der Waals surface area contributed by atoms with Crippen molar-refractivity contribution in [1.29, 1.82) is 0 Å². The van der Waals surface area contributed by atoms with Gasteiger partial charge in [-0.1, -0.05) is 31.2 Å². The molecule has 1 saturated heterocycles. The number of amides is 3. The number of aryl methyl sites for hydroxylation is 1. The molecule has 0 aliphatic carbocycles. The van der Waals surface area contributed by atoms with Crippen molar-refractivity contribution in [3.63, 3.8) is 0 Å². The highest BCUT2D eigenvalue weighted by molar-refractivity contribution is 6.01. The largest absolute Gasteiger partial charge is 0.495 e. The molecule has 35 heavy (non-hydrogen) atoms. The molecule has 1 aliphatic rings. The Morgan fingerprint density at radius 2 is 1.77 bits per heavy atom. The first kappa shape index (κ1) is 26.0.